The Morgan fingerprint density at radius 3 is 2.24 bits per heavy atom. The summed E-state index contributed by atoms with van der Waals surface area (Å²) in [6.07, 6.45) is -1.56. The van der Waals surface area contributed by atoms with Gasteiger partial charge in [0, 0.05) is 26.1 Å². The molecule has 2 aliphatic rings. The van der Waals surface area contributed by atoms with Gasteiger partial charge < -0.3 is 24.8 Å². The maximum atomic E-state index is 12.9. The average Bonchev–Trinajstić information content (AvgIpc) is 3.33. The van der Waals surface area contributed by atoms with Crippen molar-refractivity contribution in [2.45, 2.75) is 25.9 Å². The molecule has 1 heterocycles. The molecule has 180 valence electrons. The number of alkyl carbamates (subject to hydrolysis) is 1. The van der Waals surface area contributed by atoms with Crippen LogP contribution in [0.3, 0.4) is 0 Å². The van der Waals surface area contributed by atoms with Crippen LogP contribution in [0.1, 0.15) is 30.9 Å². The standard InChI is InChI=1S/C26H30N2O6/c1-16-13-28(15-26(16,2)24(30)31)23(29)22(33-3)12-27-25(32)34-14-21-19-10-6-4-8-17(19)18-9-5-7-11-20(18)21/h4-11,16,21-22H,12-15H2,1-3H3,(H,27,32)(H,30,31)/t16-,22?,26-/m1/s1. The van der Waals surface area contributed by atoms with Gasteiger partial charge in [-0.1, -0.05) is 55.5 Å². The molecule has 0 saturated carbocycles. The number of methoxy groups -OCH3 is 1. The zero-order valence-electron chi connectivity index (χ0n) is 19.6. The zero-order valence-corrected chi connectivity index (χ0v) is 19.6. The molecule has 4 rings (SSSR count). The molecule has 1 saturated heterocycles. The lowest BCUT2D eigenvalue weighted by molar-refractivity contribution is -0.149. The second-order valence-electron chi connectivity index (χ2n) is 9.27. The minimum atomic E-state index is -1.01. The Balaban J connectivity index is 1.33. The van der Waals surface area contributed by atoms with Crippen molar-refractivity contribution in [1.29, 1.82) is 0 Å². The SMILES string of the molecule is COC(CNC(=O)OCC1c2ccccc2-c2ccccc21)C(=O)N1C[C@@H](C)[C@](C)(C(=O)O)C1. The highest BCUT2D eigenvalue weighted by Gasteiger charge is 2.48. The molecule has 0 bridgehead atoms. The quantitative estimate of drug-likeness (QED) is 0.650. The Bertz CT molecular complexity index is 1060. The minimum absolute atomic E-state index is 0.0576. The fraction of sp³-hybridized carbons (Fsp3) is 0.423. The van der Waals surface area contributed by atoms with E-state index in [1.807, 2.05) is 43.3 Å². The van der Waals surface area contributed by atoms with E-state index in [9.17, 15) is 19.5 Å². The molecular weight excluding hydrogens is 436 g/mol. The van der Waals surface area contributed by atoms with E-state index < -0.39 is 23.6 Å². The van der Waals surface area contributed by atoms with Gasteiger partial charge in [0.1, 0.15) is 6.61 Å². The van der Waals surface area contributed by atoms with Crippen molar-refractivity contribution in [1.82, 2.24) is 10.2 Å². The number of carbonyl (C=O) groups is 3. The summed E-state index contributed by atoms with van der Waals surface area (Å²) in [4.78, 5) is 38.5. The molecule has 1 fully saturated rings. The first-order chi connectivity index (χ1) is 16.3. The number of amides is 2. The van der Waals surface area contributed by atoms with Crippen molar-refractivity contribution in [3.8, 4) is 11.1 Å². The highest BCUT2D eigenvalue weighted by atomic mass is 16.5. The predicted molar refractivity (Wildman–Crippen MR) is 125 cm³/mol. The van der Waals surface area contributed by atoms with E-state index in [-0.39, 0.29) is 37.4 Å². The number of ether oxygens (including phenoxy) is 2. The van der Waals surface area contributed by atoms with Crippen molar-refractivity contribution in [3.63, 3.8) is 0 Å². The lowest BCUT2D eigenvalue weighted by atomic mass is 9.81. The molecule has 0 radical (unpaired) electrons. The van der Waals surface area contributed by atoms with Crippen molar-refractivity contribution in [2.75, 3.05) is 33.4 Å². The van der Waals surface area contributed by atoms with Gasteiger partial charge in [0.05, 0.1) is 12.0 Å². The second-order valence-corrected chi connectivity index (χ2v) is 9.27. The molecule has 2 aromatic carbocycles. The highest BCUT2D eigenvalue weighted by molar-refractivity contribution is 5.84. The molecule has 34 heavy (non-hydrogen) atoms. The Hall–Kier alpha value is -3.39. The summed E-state index contributed by atoms with van der Waals surface area (Å²) in [6.45, 7) is 3.99. The van der Waals surface area contributed by atoms with Gasteiger partial charge in [-0.25, -0.2) is 4.79 Å². The van der Waals surface area contributed by atoms with Crippen LogP contribution in [0.15, 0.2) is 48.5 Å². The topological polar surface area (TPSA) is 105 Å². The van der Waals surface area contributed by atoms with Crippen LogP contribution in [0.4, 0.5) is 4.79 Å². The fourth-order valence-corrected chi connectivity index (χ4v) is 4.90. The van der Waals surface area contributed by atoms with Gasteiger partial charge in [0.2, 0.25) is 0 Å². The maximum Gasteiger partial charge on any atom is 0.407 e. The molecule has 2 amide bonds. The van der Waals surface area contributed by atoms with Crippen LogP contribution in [-0.2, 0) is 19.1 Å². The lowest BCUT2D eigenvalue weighted by Crippen LogP contribution is -2.46. The number of carbonyl (C=O) groups excluding carboxylic acids is 2. The van der Waals surface area contributed by atoms with E-state index in [0.717, 1.165) is 22.3 Å². The number of hydrogen-bond donors (Lipinski definition) is 2. The number of fused-ring (bicyclic) bond motifs is 3. The minimum Gasteiger partial charge on any atom is -0.481 e. The number of nitrogens with one attached hydrogen (secondary N) is 1. The summed E-state index contributed by atoms with van der Waals surface area (Å²) >= 11 is 0. The summed E-state index contributed by atoms with van der Waals surface area (Å²) < 4.78 is 10.8. The Kier molecular flexibility index (Phi) is 6.61. The number of carboxylic acid groups (broad SMARTS) is 1. The lowest BCUT2D eigenvalue weighted by Gasteiger charge is -2.24. The van der Waals surface area contributed by atoms with Gasteiger partial charge in [-0.3, -0.25) is 9.59 Å². The van der Waals surface area contributed by atoms with Crippen molar-refractivity contribution in [2.24, 2.45) is 11.3 Å². The van der Waals surface area contributed by atoms with Gasteiger partial charge in [-0.2, -0.15) is 0 Å². The first-order valence-electron chi connectivity index (χ1n) is 11.4. The summed E-state index contributed by atoms with van der Waals surface area (Å²) in [5.41, 5.74) is 3.52. The third-order valence-electron chi connectivity index (χ3n) is 7.24. The van der Waals surface area contributed by atoms with Crippen molar-refractivity contribution in [3.05, 3.63) is 59.7 Å². The Morgan fingerprint density at radius 1 is 1.12 bits per heavy atom. The van der Waals surface area contributed by atoms with Gasteiger partial charge >= 0.3 is 12.1 Å². The first-order valence-corrected chi connectivity index (χ1v) is 11.4. The molecule has 8 nitrogen and oxygen atoms in total. The van der Waals surface area contributed by atoms with E-state index >= 15 is 0 Å². The van der Waals surface area contributed by atoms with Crippen LogP contribution < -0.4 is 5.32 Å². The molecule has 1 aliphatic carbocycles. The van der Waals surface area contributed by atoms with E-state index in [4.69, 9.17) is 9.47 Å². The van der Waals surface area contributed by atoms with Crippen LogP contribution in [0.25, 0.3) is 11.1 Å². The number of benzene rings is 2. The second kappa shape index (κ2) is 9.46. The number of carboxylic acids is 1. The predicted octanol–water partition coefficient (Wildman–Crippen LogP) is 3.11. The summed E-state index contributed by atoms with van der Waals surface area (Å²) in [5, 5.41) is 12.2. The molecular formula is C26H30N2O6. The van der Waals surface area contributed by atoms with Gasteiger partial charge in [0.25, 0.3) is 5.91 Å². The Morgan fingerprint density at radius 2 is 1.71 bits per heavy atom. The third-order valence-corrected chi connectivity index (χ3v) is 7.24. The van der Waals surface area contributed by atoms with Crippen molar-refractivity contribution < 1.29 is 29.0 Å². The molecule has 0 spiro atoms. The number of hydrogen-bond acceptors (Lipinski definition) is 5. The Labute approximate surface area is 198 Å². The number of aliphatic carboxylic acids is 1. The van der Waals surface area contributed by atoms with Crippen molar-refractivity contribution >= 4 is 18.0 Å². The van der Waals surface area contributed by atoms with Crippen LogP contribution in [0.5, 0.6) is 0 Å². The summed E-state index contributed by atoms with van der Waals surface area (Å²) in [7, 11) is 1.39. The molecule has 3 atom stereocenters. The van der Waals surface area contributed by atoms with Gasteiger partial charge in [0.15, 0.2) is 6.10 Å². The smallest absolute Gasteiger partial charge is 0.407 e. The summed E-state index contributed by atoms with van der Waals surface area (Å²) in [6, 6.07) is 16.2. The largest absolute Gasteiger partial charge is 0.481 e. The van der Waals surface area contributed by atoms with E-state index in [0.29, 0.717) is 6.54 Å². The zero-order chi connectivity index (χ0) is 24.5. The van der Waals surface area contributed by atoms with Crippen LogP contribution in [0, 0.1) is 11.3 Å². The van der Waals surface area contributed by atoms with E-state index in [2.05, 4.69) is 17.4 Å². The van der Waals surface area contributed by atoms with Crippen LogP contribution in [-0.4, -0.2) is 67.4 Å². The molecule has 2 N–H and O–H groups in total. The molecule has 1 aliphatic heterocycles. The molecule has 2 aromatic rings. The van der Waals surface area contributed by atoms with Gasteiger partial charge in [-0.15, -0.1) is 0 Å². The average molecular weight is 467 g/mol. The monoisotopic (exact) mass is 466 g/mol. The first kappa shape index (κ1) is 23.8. The molecule has 0 aromatic heterocycles. The highest BCUT2D eigenvalue weighted by Crippen LogP contribution is 2.44. The van der Waals surface area contributed by atoms with Gasteiger partial charge in [-0.05, 0) is 35.1 Å². The third kappa shape index (κ3) is 4.25. The van der Waals surface area contributed by atoms with E-state index in [1.165, 1.54) is 12.0 Å². The summed E-state index contributed by atoms with van der Waals surface area (Å²) in [5.74, 6) is -1.53. The van der Waals surface area contributed by atoms with Crippen LogP contribution >= 0.6 is 0 Å². The fourth-order valence-electron chi connectivity index (χ4n) is 4.90. The normalized spacial score (nSPS) is 22.1. The number of likely N-dealkylation sites (tertiary alicyclic amines) is 1. The maximum absolute atomic E-state index is 12.9. The number of nitrogens with zero attached hydrogens (tertiary/aromatic N) is 1. The number of rotatable bonds is 7. The van der Waals surface area contributed by atoms with Crippen LogP contribution in [0.2, 0.25) is 0 Å². The van der Waals surface area contributed by atoms with E-state index in [1.54, 1.807) is 6.92 Å². The molecule has 8 heteroatoms. The molecule has 1 unspecified atom stereocenters.